The molecule has 2 nitrogen and oxygen atoms in total. The number of carbonyl (C=O) groups excluding carboxylic acids is 1. The minimum absolute atomic E-state index is 0.262. The molecule has 2 rings (SSSR count). The Kier molecular flexibility index (Phi) is 3.36. The first-order chi connectivity index (χ1) is 8.28. The van der Waals surface area contributed by atoms with Crippen LogP contribution in [-0.2, 0) is 0 Å². The fourth-order valence-corrected chi connectivity index (χ4v) is 1.46. The maximum absolute atomic E-state index is 10.5. The van der Waals surface area contributed by atoms with Crippen molar-refractivity contribution in [3.05, 3.63) is 65.2 Å². The molecule has 1 N–H and O–H groups in total. The van der Waals surface area contributed by atoms with Gasteiger partial charge in [-0.1, -0.05) is 48.6 Å². The maximum Gasteiger partial charge on any atom is 0.150 e. The molecule has 0 aliphatic rings. The summed E-state index contributed by atoms with van der Waals surface area (Å²) in [5, 5.41) is 9.14. The van der Waals surface area contributed by atoms with E-state index >= 15 is 0 Å². The van der Waals surface area contributed by atoms with Crippen LogP contribution in [0.4, 0.5) is 0 Å². The lowest BCUT2D eigenvalue weighted by molar-refractivity contribution is 0.112. The maximum atomic E-state index is 10.5. The Labute approximate surface area is 99.8 Å². The zero-order valence-corrected chi connectivity index (χ0v) is 9.21. The van der Waals surface area contributed by atoms with E-state index in [1.807, 2.05) is 36.4 Å². The first kappa shape index (κ1) is 11.1. The summed E-state index contributed by atoms with van der Waals surface area (Å²) in [6.45, 7) is 0. The number of rotatable bonds is 3. The Hall–Kier alpha value is -2.35. The van der Waals surface area contributed by atoms with Gasteiger partial charge in [0.15, 0.2) is 0 Å². The zero-order chi connectivity index (χ0) is 12.1. The van der Waals surface area contributed by atoms with Crippen LogP contribution in [0.1, 0.15) is 21.5 Å². The summed E-state index contributed by atoms with van der Waals surface area (Å²) in [4.78, 5) is 10.5. The minimum atomic E-state index is 0.262. The molecule has 84 valence electrons. The molecule has 0 saturated heterocycles. The molecule has 0 aliphatic heterocycles. The second-order valence-electron chi connectivity index (χ2n) is 3.71. The third kappa shape index (κ3) is 3.05. The van der Waals surface area contributed by atoms with Crippen molar-refractivity contribution in [2.75, 3.05) is 0 Å². The van der Waals surface area contributed by atoms with E-state index in [0.717, 1.165) is 17.4 Å². The van der Waals surface area contributed by atoms with Crippen LogP contribution in [0.15, 0.2) is 48.5 Å². The smallest absolute Gasteiger partial charge is 0.150 e. The lowest BCUT2D eigenvalue weighted by Crippen LogP contribution is -1.78. The third-order valence-corrected chi connectivity index (χ3v) is 2.43. The molecule has 0 bridgehead atoms. The van der Waals surface area contributed by atoms with E-state index in [-0.39, 0.29) is 5.75 Å². The molecule has 2 heteroatoms. The number of hydrogen-bond donors (Lipinski definition) is 1. The van der Waals surface area contributed by atoms with E-state index < -0.39 is 0 Å². The Bertz CT molecular complexity index is 522. The monoisotopic (exact) mass is 224 g/mol. The number of phenols is 1. The van der Waals surface area contributed by atoms with Crippen molar-refractivity contribution >= 4 is 18.4 Å². The van der Waals surface area contributed by atoms with E-state index in [9.17, 15) is 4.79 Å². The van der Waals surface area contributed by atoms with E-state index in [1.165, 1.54) is 0 Å². The molecule has 2 aromatic carbocycles. The molecule has 0 amide bonds. The summed E-state index contributed by atoms with van der Waals surface area (Å²) >= 11 is 0. The second kappa shape index (κ2) is 5.12. The lowest BCUT2D eigenvalue weighted by atomic mass is 10.1. The normalized spacial score (nSPS) is 10.6. The van der Waals surface area contributed by atoms with Crippen LogP contribution in [0.3, 0.4) is 0 Å². The highest BCUT2D eigenvalue weighted by Gasteiger charge is 1.91. The molecule has 0 fully saturated rings. The molecule has 17 heavy (non-hydrogen) atoms. The second-order valence-corrected chi connectivity index (χ2v) is 3.71. The Morgan fingerprint density at radius 2 is 1.12 bits per heavy atom. The summed E-state index contributed by atoms with van der Waals surface area (Å²) in [5.41, 5.74) is 2.72. The van der Waals surface area contributed by atoms with Crippen molar-refractivity contribution in [3.63, 3.8) is 0 Å². The largest absolute Gasteiger partial charge is 0.508 e. The summed E-state index contributed by atoms with van der Waals surface area (Å²) in [7, 11) is 0. The standard InChI is InChI=1S/C15H12O2/c16-11-14-5-3-12(4-6-14)1-2-13-7-9-15(17)10-8-13/h1-11,17H. The quantitative estimate of drug-likeness (QED) is 0.641. The fraction of sp³-hybridized carbons (Fsp3) is 0. The summed E-state index contributed by atoms with van der Waals surface area (Å²) in [5.74, 6) is 0.262. The van der Waals surface area contributed by atoms with Crippen molar-refractivity contribution in [1.29, 1.82) is 0 Å². The highest BCUT2D eigenvalue weighted by molar-refractivity contribution is 5.76. The average molecular weight is 224 g/mol. The average Bonchev–Trinajstić information content (AvgIpc) is 2.39. The molecule has 0 unspecified atom stereocenters. The van der Waals surface area contributed by atoms with Crippen LogP contribution in [0, 0.1) is 0 Å². The number of aromatic hydroxyl groups is 1. The van der Waals surface area contributed by atoms with Gasteiger partial charge in [-0.15, -0.1) is 0 Å². The molecule has 0 radical (unpaired) electrons. The van der Waals surface area contributed by atoms with Crippen LogP contribution >= 0.6 is 0 Å². The third-order valence-electron chi connectivity index (χ3n) is 2.43. The Morgan fingerprint density at radius 1 is 0.706 bits per heavy atom. The van der Waals surface area contributed by atoms with Crippen LogP contribution in [0.5, 0.6) is 5.75 Å². The van der Waals surface area contributed by atoms with E-state index in [2.05, 4.69) is 0 Å². The predicted octanol–water partition coefficient (Wildman–Crippen LogP) is 3.38. The summed E-state index contributed by atoms with van der Waals surface area (Å²) < 4.78 is 0. The summed E-state index contributed by atoms with van der Waals surface area (Å²) in [6.07, 6.45) is 4.74. The van der Waals surface area contributed by atoms with Gasteiger partial charge in [0.1, 0.15) is 12.0 Å². The zero-order valence-electron chi connectivity index (χ0n) is 9.21. The number of phenolic OH excluding ortho intramolecular Hbond substituents is 1. The topological polar surface area (TPSA) is 37.3 Å². The van der Waals surface area contributed by atoms with Gasteiger partial charge in [0.25, 0.3) is 0 Å². The van der Waals surface area contributed by atoms with Crippen LogP contribution in [-0.4, -0.2) is 11.4 Å². The van der Waals surface area contributed by atoms with E-state index in [0.29, 0.717) is 5.56 Å². The van der Waals surface area contributed by atoms with E-state index in [4.69, 9.17) is 5.11 Å². The van der Waals surface area contributed by atoms with Crippen LogP contribution < -0.4 is 0 Å². The molecule has 0 spiro atoms. The van der Waals surface area contributed by atoms with Crippen molar-refractivity contribution in [3.8, 4) is 5.75 Å². The van der Waals surface area contributed by atoms with Crippen molar-refractivity contribution < 1.29 is 9.90 Å². The summed E-state index contributed by atoms with van der Waals surface area (Å²) in [6, 6.07) is 14.3. The molecule has 0 saturated carbocycles. The SMILES string of the molecule is O=Cc1ccc(C=Cc2ccc(O)cc2)cc1. The van der Waals surface area contributed by atoms with Gasteiger partial charge < -0.3 is 5.11 Å². The lowest BCUT2D eigenvalue weighted by Gasteiger charge is -1.96. The Balaban J connectivity index is 2.14. The number of benzene rings is 2. The highest BCUT2D eigenvalue weighted by Crippen LogP contribution is 2.13. The molecular weight excluding hydrogens is 212 g/mol. The fourth-order valence-electron chi connectivity index (χ4n) is 1.46. The molecule has 0 aliphatic carbocycles. The van der Waals surface area contributed by atoms with Crippen LogP contribution in [0.25, 0.3) is 12.2 Å². The van der Waals surface area contributed by atoms with Gasteiger partial charge in [-0.05, 0) is 23.3 Å². The van der Waals surface area contributed by atoms with Gasteiger partial charge in [-0.25, -0.2) is 0 Å². The van der Waals surface area contributed by atoms with Gasteiger partial charge >= 0.3 is 0 Å². The molecule has 0 aromatic heterocycles. The molecule has 0 heterocycles. The number of hydrogen-bond acceptors (Lipinski definition) is 2. The van der Waals surface area contributed by atoms with Crippen molar-refractivity contribution in [2.45, 2.75) is 0 Å². The first-order valence-corrected chi connectivity index (χ1v) is 5.30. The van der Waals surface area contributed by atoms with Gasteiger partial charge in [0.05, 0.1) is 0 Å². The van der Waals surface area contributed by atoms with Gasteiger partial charge in [-0.3, -0.25) is 4.79 Å². The Morgan fingerprint density at radius 3 is 1.59 bits per heavy atom. The number of aldehydes is 1. The molecular formula is C15H12O2. The highest BCUT2D eigenvalue weighted by atomic mass is 16.3. The van der Waals surface area contributed by atoms with Crippen molar-refractivity contribution in [1.82, 2.24) is 0 Å². The first-order valence-electron chi connectivity index (χ1n) is 5.30. The molecule has 2 aromatic rings. The van der Waals surface area contributed by atoms with E-state index in [1.54, 1.807) is 24.3 Å². The van der Waals surface area contributed by atoms with Crippen molar-refractivity contribution in [2.24, 2.45) is 0 Å². The molecule has 0 atom stereocenters. The van der Waals surface area contributed by atoms with Gasteiger partial charge in [0.2, 0.25) is 0 Å². The number of carbonyl (C=O) groups is 1. The van der Waals surface area contributed by atoms with Gasteiger partial charge in [-0.2, -0.15) is 0 Å². The van der Waals surface area contributed by atoms with Gasteiger partial charge in [0, 0.05) is 5.56 Å². The van der Waals surface area contributed by atoms with Crippen LogP contribution in [0.2, 0.25) is 0 Å². The predicted molar refractivity (Wildman–Crippen MR) is 68.9 cm³/mol. The minimum Gasteiger partial charge on any atom is -0.508 e.